The van der Waals surface area contributed by atoms with Crippen molar-refractivity contribution < 1.29 is 17.6 Å². The third kappa shape index (κ3) is 4.30. The Kier molecular flexibility index (Phi) is 5.64. The van der Waals surface area contributed by atoms with Crippen molar-refractivity contribution in [3.05, 3.63) is 76.5 Å². The van der Waals surface area contributed by atoms with E-state index in [1.807, 2.05) is 32.0 Å². The van der Waals surface area contributed by atoms with Crippen LogP contribution in [0.5, 0.6) is 0 Å². The van der Waals surface area contributed by atoms with E-state index in [1.165, 1.54) is 12.3 Å². The largest absolute Gasteiger partial charge is 0.332 e. The quantitative estimate of drug-likeness (QED) is 0.366. The topological polar surface area (TPSA) is 41.9 Å². The number of halogens is 4. The molecular weight excluding hydrogens is 392 g/mol. The summed E-state index contributed by atoms with van der Waals surface area (Å²) in [5.41, 5.74) is 2.29. The van der Waals surface area contributed by atoms with Crippen molar-refractivity contribution >= 4 is 28.8 Å². The molecule has 0 spiro atoms. The van der Waals surface area contributed by atoms with E-state index in [-0.39, 0.29) is 11.2 Å². The van der Waals surface area contributed by atoms with Crippen molar-refractivity contribution in [1.29, 1.82) is 0 Å². The molecule has 146 valence electrons. The second-order valence-electron chi connectivity index (χ2n) is 6.22. The number of hydrogen-bond donors (Lipinski definition) is 2. The Morgan fingerprint density at radius 2 is 1.64 bits per heavy atom. The molecular formula is C19H16F4N4S. The van der Waals surface area contributed by atoms with Crippen molar-refractivity contribution in [3.63, 3.8) is 0 Å². The summed E-state index contributed by atoms with van der Waals surface area (Å²) in [5.74, 6) is -5.51. The van der Waals surface area contributed by atoms with Crippen LogP contribution in [0.4, 0.5) is 29.1 Å². The smallest absolute Gasteiger partial charge is 0.176 e. The summed E-state index contributed by atoms with van der Waals surface area (Å²) in [6.07, 6.45) is 1.41. The first-order valence-corrected chi connectivity index (χ1v) is 8.66. The molecule has 2 N–H and O–H groups in total. The Balaban J connectivity index is 1.69. The van der Waals surface area contributed by atoms with Gasteiger partial charge in [0.2, 0.25) is 0 Å². The van der Waals surface area contributed by atoms with E-state index in [9.17, 15) is 17.6 Å². The maximum Gasteiger partial charge on any atom is 0.176 e. The Morgan fingerprint density at radius 1 is 0.964 bits per heavy atom. The standard InChI is InChI=1S/C19H16F4N4S/c1-10-3-4-12(7-11(10)2)24-19(28)25-16-5-6-27(26-16)9-13-17(22)14(20)8-15(21)18(13)23/h3-8H,9H2,1-2H3,(H2,24,25,26,28). The third-order valence-corrected chi connectivity index (χ3v) is 4.37. The minimum Gasteiger partial charge on any atom is -0.332 e. The number of thiocarbonyl (C=S) groups is 1. The molecule has 0 saturated carbocycles. The summed E-state index contributed by atoms with van der Waals surface area (Å²) in [6, 6.07) is 7.45. The molecule has 0 aliphatic carbocycles. The van der Waals surface area contributed by atoms with Gasteiger partial charge >= 0.3 is 0 Å². The van der Waals surface area contributed by atoms with E-state index in [0.29, 0.717) is 5.82 Å². The van der Waals surface area contributed by atoms with E-state index in [1.54, 1.807) is 0 Å². The zero-order valence-corrected chi connectivity index (χ0v) is 15.8. The van der Waals surface area contributed by atoms with Crippen LogP contribution >= 0.6 is 12.2 Å². The number of hydrogen-bond acceptors (Lipinski definition) is 2. The summed E-state index contributed by atoms with van der Waals surface area (Å²) < 4.78 is 55.3. The van der Waals surface area contributed by atoms with E-state index >= 15 is 0 Å². The second kappa shape index (κ2) is 7.97. The summed E-state index contributed by atoms with van der Waals surface area (Å²) in [4.78, 5) is 0. The lowest BCUT2D eigenvalue weighted by Gasteiger charge is -2.10. The van der Waals surface area contributed by atoms with Crippen molar-refractivity contribution in [2.24, 2.45) is 0 Å². The second-order valence-corrected chi connectivity index (χ2v) is 6.63. The Bertz CT molecular complexity index is 1020. The van der Waals surface area contributed by atoms with Gasteiger partial charge in [0.05, 0.1) is 12.1 Å². The highest BCUT2D eigenvalue weighted by molar-refractivity contribution is 7.80. The molecule has 0 amide bonds. The fourth-order valence-corrected chi connectivity index (χ4v) is 2.76. The van der Waals surface area contributed by atoms with E-state index < -0.39 is 35.4 Å². The van der Waals surface area contributed by atoms with Gasteiger partial charge in [0.1, 0.15) is 0 Å². The fraction of sp³-hybridized carbons (Fsp3) is 0.158. The molecule has 0 atom stereocenters. The number of aryl methyl sites for hydroxylation is 2. The number of rotatable bonds is 4. The van der Waals surface area contributed by atoms with Crippen molar-refractivity contribution in [2.75, 3.05) is 10.6 Å². The maximum atomic E-state index is 13.8. The van der Waals surface area contributed by atoms with Crippen LogP contribution in [-0.4, -0.2) is 14.9 Å². The number of benzene rings is 2. The Labute approximate surface area is 164 Å². The van der Waals surface area contributed by atoms with Crippen molar-refractivity contribution in [2.45, 2.75) is 20.4 Å². The number of aromatic nitrogens is 2. The molecule has 28 heavy (non-hydrogen) atoms. The van der Waals surface area contributed by atoms with E-state index in [0.717, 1.165) is 21.5 Å². The average Bonchev–Trinajstić information content (AvgIpc) is 3.07. The lowest BCUT2D eigenvalue weighted by atomic mass is 10.1. The molecule has 0 unspecified atom stereocenters. The van der Waals surface area contributed by atoms with Gasteiger partial charge in [0.25, 0.3) is 0 Å². The van der Waals surface area contributed by atoms with Crippen molar-refractivity contribution in [3.8, 4) is 0 Å². The van der Waals surface area contributed by atoms with Gasteiger partial charge in [-0.2, -0.15) is 5.10 Å². The molecule has 1 aromatic heterocycles. The van der Waals surface area contributed by atoms with Gasteiger partial charge in [0.15, 0.2) is 34.2 Å². The monoisotopic (exact) mass is 408 g/mol. The average molecular weight is 408 g/mol. The maximum absolute atomic E-state index is 13.8. The van der Waals surface area contributed by atoms with Gasteiger partial charge in [-0.05, 0) is 49.3 Å². The lowest BCUT2D eigenvalue weighted by Crippen LogP contribution is -2.19. The highest BCUT2D eigenvalue weighted by Crippen LogP contribution is 2.20. The fourth-order valence-electron chi connectivity index (χ4n) is 2.54. The van der Waals surface area contributed by atoms with Crippen LogP contribution in [0.1, 0.15) is 16.7 Å². The van der Waals surface area contributed by atoms with E-state index in [2.05, 4.69) is 15.7 Å². The Hall–Kier alpha value is -2.94. The number of anilines is 2. The molecule has 3 aromatic rings. The van der Waals surface area contributed by atoms with Gasteiger partial charge < -0.3 is 10.6 Å². The summed E-state index contributed by atoms with van der Waals surface area (Å²) in [6.45, 7) is 3.50. The minimum atomic E-state index is -1.46. The minimum absolute atomic E-state index is 0.168. The van der Waals surface area contributed by atoms with Crippen LogP contribution in [0.3, 0.4) is 0 Å². The molecule has 0 aliphatic heterocycles. The first-order chi connectivity index (χ1) is 13.2. The number of nitrogens with one attached hydrogen (secondary N) is 2. The lowest BCUT2D eigenvalue weighted by molar-refractivity contribution is 0.431. The molecule has 1 heterocycles. The van der Waals surface area contributed by atoms with Gasteiger partial charge in [-0.1, -0.05) is 6.07 Å². The molecule has 2 aromatic carbocycles. The molecule has 0 saturated heterocycles. The van der Waals surface area contributed by atoms with Crippen molar-refractivity contribution in [1.82, 2.24) is 9.78 Å². The van der Waals surface area contributed by atoms with E-state index in [4.69, 9.17) is 12.2 Å². The molecule has 0 aliphatic rings. The molecule has 0 fully saturated rings. The van der Waals surface area contributed by atoms with Gasteiger partial charge in [0, 0.05) is 24.0 Å². The van der Waals surface area contributed by atoms with Gasteiger partial charge in [-0.25, -0.2) is 17.6 Å². The third-order valence-electron chi connectivity index (χ3n) is 4.17. The zero-order valence-electron chi connectivity index (χ0n) is 15.0. The van der Waals surface area contributed by atoms with Crippen LogP contribution in [0.25, 0.3) is 0 Å². The Morgan fingerprint density at radius 3 is 2.29 bits per heavy atom. The molecule has 4 nitrogen and oxygen atoms in total. The van der Waals surface area contributed by atoms with Gasteiger partial charge in [-0.3, -0.25) is 4.68 Å². The normalized spacial score (nSPS) is 10.8. The van der Waals surface area contributed by atoms with Crippen LogP contribution in [0.2, 0.25) is 0 Å². The molecule has 9 heteroatoms. The predicted molar refractivity (Wildman–Crippen MR) is 103 cm³/mol. The predicted octanol–water partition coefficient (Wildman–Crippen LogP) is 4.91. The highest BCUT2D eigenvalue weighted by Gasteiger charge is 2.19. The summed E-state index contributed by atoms with van der Waals surface area (Å²) in [7, 11) is 0. The van der Waals surface area contributed by atoms with Crippen LogP contribution in [0.15, 0.2) is 36.5 Å². The van der Waals surface area contributed by atoms with Crippen LogP contribution in [-0.2, 0) is 6.54 Å². The van der Waals surface area contributed by atoms with Gasteiger partial charge in [-0.15, -0.1) is 0 Å². The number of nitrogens with zero attached hydrogens (tertiary/aromatic N) is 2. The molecule has 3 rings (SSSR count). The zero-order chi connectivity index (χ0) is 20.4. The van der Waals surface area contributed by atoms with Crippen LogP contribution < -0.4 is 10.6 Å². The first kappa shape index (κ1) is 19.8. The molecule has 0 bridgehead atoms. The highest BCUT2D eigenvalue weighted by atomic mass is 32.1. The van der Waals surface area contributed by atoms with Crippen LogP contribution in [0, 0.1) is 37.1 Å². The SMILES string of the molecule is Cc1ccc(NC(=S)Nc2ccn(Cc3c(F)c(F)cc(F)c3F)n2)cc1C. The summed E-state index contributed by atoms with van der Waals surface area (Å²) in [5, 5.41) is 10.2. The molecule has 0 radical (unpaired) electrons. The first-order valence-electron chi connectivity index (χ1n) is 8.25. The summed E-state index contributed by atoms with van der Waals surface area (Å²) >= 11 is 5.22.